The van der Waals surface area contributed by atoms with Crippen molar-refractivity contribution in [1.82, 2.24) is 9.97 Å². The molecule has 0 radical (unpaired) electrons. The molecule has 2 aromatic heterocycles. The van der Waals surface area contributed by atoms with Gasteiger partial charge in [0.2, 0.25) is 0 Å². The van der Waals surface area contributed by atoms with E-state index in [1.165, 1.54) is 18.3 Å². The lowest BCUT2D eigenvalue weighted by Gasteiger charge is -2.08. The second-order valence-corrected chi connectivity index (χ2v) is 3.19. The lowest BCUT2D eigenvalue weighted by Crippen LogP contribution is -2.11. The summed E-state index contributed by atoms with van der Waals surface area (Å²) in [7, 11) is 1.57. The van der Waals surface area contributed by atoms with Crippen LogP contribution in [0.15, 0.2) is 36.7 Å². The highest BCUT2D eigenvalue weighted by atomic mass is 19.1. The Morgan fingerprint density at radius 2 is 1.71 bits per heavy atom. The molecule has 2 N–H and O–H groups in total. The third-order valence-corrected chi connectivity index (χ3v) is 2.01. The summed E-state index contributed by atoms with van der Waals surface area (Å²) in [6.07, 6.45) is 2.97. The number of nitrogens with one attached hydrogen (secondary N) is 2. The molecule has 0 spiro atoms. The maximum absolute atomic E-state index is 12.9. The van der Waals surface area contributed by atoms with Crippen LogP contribution in [-0.2, 0) is 0 Å². The van der Waals surface area contributed by atoms with Crippen molar-refractivity contribution in [3.63, 3.8) is 0 Å². The monoisotopic (exact) mass is 234 g/mol. The lowest BCUT2D eigenvalue weighted by molar-refractivity contribution is 0.414. The highest BCUT2D eigenvalue weighted by molar-refractivity contribution is 5.46. The molecule has 6 heteroatoms. The summed E-state index contributed by atoms with van der Waals surface area (Å²) in [4.78, 5) is 7.97. The largest absolute Gasteiger partial charge is 0.497 e. The predicted octanol–water partition coefficient (Wildman–Crippen LogP) is 2.06. The third-order valence-electron chi connectivity index (χ3n) is 2.01. The van der Waals surface area contributed by atoms with Crippen LogP contribution in [0.5, 0.6) is 5.75 Å². The molecule has 0 atom stereocenters. The molecule has 5 nitrogen and oxygen atoms in total. The molecule has 0 saturated heterocycles. The zero-order valence-corrected chi connectivity index (χ0v) is 9.14. The number of aromatic nitrogens is 2. The maximum Gasteiger partial charge on any atom is 0.148 e. The Morgan fingerprint density at radius 3 is 2.35 bits per heavy atom. The molecule has 2 heterocycles. The van der Waals surface area contributed by atoms with Crippen molar-refractivity contribution in [2.45, 2.75) is 0 Å². The Bertz CT molecular complexity index is 506. The van der Waals surface area contributed by atoms with E-state index >= 15 is 0 Å². The highest BCUT2D eigenvalue weighted by Gasteiger charge is 1.98. The van der Waals surface area contributed by atoms with Crippen LogP contribution in [0.1, 0.15) is 0 Å². The van der Waals surface area contributed by atoms with E-state index < -0.39 is 0 Å². The number of nitrogens with zero attached hydrogens (tertiary/aromatic N) is 2. The smallest absolute Gasteiger partial charge is 0.148 e. The van der Waals surface area contributed by atoms with Gasteiger partial charge in [-0.25, -0.2) is 14.4 Å². The molecular weight excluding hydrogens is 223 g/mol. The number of hydrogen-bond donors (Lipinski definition) is 2. The fourth-order valence-corrected chi connectivity index (χ4v) is 1.21. The van der Waals surface area contributed by atoms with Crippen molar-refractivity contribution in [3.8, 4) is 5.75 Å². The van der Waals surface area contributed by atoms with E-state index in [4.69, 9.17) is 4.74 Å². The van der Waals surface area contributed by atoms with Gasteiger partial charge in [-0.3, -0.25) is 10.9 Å². The minimum atomic E-state index is -0.358. The number of anilines is 2. The summed E-state index contributed by atoms with van der Waals surface area (Å²) in [6, 6.07) is 5.97. The van der Waals surface area contributed by atoms with E-state index in [9.17, 15) is 4.39 Å². The van der Waals surface area contributed by atoms with Crippen molar-refractivity contribution in [2.24, 2.45) is 0 Å². The third kappa shape index (κ3) is 3.04. The molecule has 0 aliphatic rings. The summed E-state index contributed by atoms with van der Waals surface area (Å²) >= 11 is 0. The van der Waals surface area contributed by atoms with E-state index in [1.54, 1.807) is 25.4 Å². The maximum atomic E-state index is 12.9. The van der Waals surface area contributed by atoms with Gasteiger partial charge in [0.15, 0.2) is 0 Å². The summed E-state index contributed by atoms with van der Waals surface area (Å²) < 4.78 is 17.9. The van der Waals surface area contributed by atoms with Crippen LogP contribution in [0.25, 0.3) is 0 Å². The molecule has 0 bridgehead atoms. The zero-order chi connectivity index (χ0) is 12.1. The Morgan fingerprint density at radius 1 is 1.06 bits per heavy atom. The number of halogens is 1. The topological polar surface area (TPSA) is 59.1 Å². The molecule has 0 amide bonds. The Labute approximate surface area is 97.6 Å². The SMILES string of the molecule is COc1ccnc(NNc2cc(F)ccn2)c1. The first-order chi connectivity index (χ1) is 8.28. The van der Waals surface area contributed by atoms with Crippen LogP contribution >= 0.6 is 0 Å². The van der Waals surface area contributed by atoms with Crippen LogP contribution in [-0.4, -0.2) is 17.1 Å². The molecular formula is C11H11FN4O. The molecule has 0 aliphatic carbocycles. The van der Waals surface area contributed by atoms with Gasteiger partial charge in [0.1, 0.15) is 23.2 Å². The number of pyridine rings is 2. The molecule has 2 rings (SSSR count). The van der Waals surface area contributed by atoms with Crippen molar-refractivity contribution in [2.75, 3.05) is 18.0 Å². The molecule has 0 saturated carbocycles. The van der Waals surface area contributed by atoms with E-state index in [2.05, 4.69) is 20.8 Å². The minimum absolute atomic E-state index is 0.358. The average molecular weight is 234 g/mol. The standard InChI is InChI=1S/C11H11FN4O/c1-17-9-3-5-14-11(7-9)16-15-10-6-8(12)2-4-13-10/h2-7H,1H3,(H,13,15)(H,14,16). The number of methoxy groups -OCH3 is 1. The fraction of sp³-hybridized carbons (Fsp3) is 0.0909. The highest BCUT2D eigenvalue weighted by Crippen LogP contribution is 2.14. The van der Waals surface area contributed by atoms with Gasteiger partial charge in [0, 0.05) is 24.5 Å². The molecule has 0 unspecified atom stereocenters. The molecule has 17 heavy (non-hydrogen) atoms. The van der Waals surface area contributed by atoms with Crippen molar-refractivity contribution >= 4 is 11.6 Å². The quantitative estimate of drug-likeness (QED) is 0.793. The Balaban J connectivity index is 2.02. The van der Waals surface area contributed by atoms with E-state index in [0.717, 1.165) is 0 Å². The number of ether oxygens (including phenoxy) is 1. The Kier molecular flexibility index (Phi) is 3.34. The molecule has 2 aromatic rings. The molecule has 88 valence electrons. The first kappa shape index (κ1) is 11.1. The second kappa shape index (κ2) is 5.11. The lowest BCUT2D eigenvalue weighted by atomic mass is 10.4. The molecule has 0 aromatic carbocycles. The Hall–Kier alpha value is -2.37. The summed E-state index contributed by atoms with van der Waals surface area (Å²) in [5.74, 6) is 1.24. The van der Waals surface area contributed by atoms with Crippen LogP contribution in [0, 0.1) is 5.82 Å². The van der Waals surface area contributed by atoms with Gasteiger partial charge in [-0.05, 0) is 12.1 Å². The summed E-state index contributed by atoms with van der Waals surface area (Å²) in [5, 5.41) is 0. The number of rotatable bonds is 4. The predicted molar refractivity (Wildman–Crippen MR) is 62.2 cm³/mol. The van der Waals surface area contributed by atoms with Crippen molar-refractivity contribution < 1.29 is 9.13 Å². The van der Waals surface area contributed by atoms with Crippen LogP contribution in [0.3, 0.4) is 0 Å². The first-order valence-electron chi connectivity index (χ1n) is 4.91. The van der Waals surface area contributed by atoms with Crippen molar-refractivity contribution in [3.05, 3.63) is 42.5 Å². The van der Waals surface area contributed by atoms with Gasteiger partial charge >= 0.3 is 0 Å². The van der Waals surface area contributed by atoms with Crippen LogP contribution in [0.4, 0.5) is 16.0 Å². The van der Waals surface area contributed by atoms with Gasteiger partial charge in [-0.15, -0.1) is 0 Å². The van der Waals surface area contributed by atoms with Crippen LogP contribution < -0.4 is 15.6 Å². The average Bonchev–Trinajstić information content (AvgIpc) is 2.37. The van der Waals surface area contributed by atoms with Gasteiger partial charge in [0.25, 0.3) is 0 Å². The number of hydrazine groups is 1. The summed E-state index contributed by atoms with van der Waals surface area (Å²) in [5.41, 5.74) is 5.53. The van der Waals surface area contributed by atoms with E-state index in [-0.39, 0.29) is 5.82 Å². The van der Waals surface area contributed by atoms with Crippen molar-refractivity contribution in [1.29, 1.82) is 0 Å². The first-order valence-corrected chi connectivity index (χ1v) is 4.91. The van der Waals surface area contributed by atoms with E-state index in [1.807, 2.05) is 0 Å². The normalized spacial score (nSPS) is 9.76. The molecule has 0 aliphatic heterocycles. The van der Waals surface area contributed by atoms with E-state index in [0.29, 0.717) is 17.4 Å². The van der Waals surface area contributed by atoms with Crippen LogP contribution in [0.2, 0.25) is 0 Å². The molecule has 0 fully saturated rings. The minimum Gasteiger partial charge on any atom is -0.497 e. The fourth-order valence-electron chi connectivity index (χ4n) is 1.21. The van der Waals surface area contributed by atoms with Gasteiger partial charge in [0.05, 0.1) is 7.11 Å². The summed E-state index contributed by atoms with van der Waals surface area (Å²) in [6.45, 7) is 0. The van der Waals surface area contributed by atoms with Gasteiger partial charge < -0.3 is 4.74 Å². The van der Waals surface area contributed by atoms with Gasteiger partial charge in [-0.2, -0.15) is 0 Å². The zero-order valence-electron chi connectivity index (χ0n) is 9.14. The number of hydrogen-bond acceptors (Lipinski definition) is 5. The second-order valence-electron chi connectivity index (χ2n) is 3.19. The van der Waals surface area contributed by atoms with Gasteiger partial charge in [-0.1, -0.05) is 0 Å².